The van der Waals surface area contributed by atoms with Gasteiger partial charge in [-0.2, -0.15) is 11.3 Å². The summed E-state index contributed by atoms with van der Waals surface area (Å²) in [6.07, 6.45) is 0.204. The molecule has 2 unspecified atom stereocenters. The molecule has 0 aliphatic carbocycles. The number of amides is 1. The topological polar surface area (TPSA) is 75.6 Å². The second-order valence-corrected chi connectivity index (χ2v) is 4.98. The average molecular weight is 269 g/mol. The maximum atomic E-state index is 11.7. The highest BCUT2D eigenvalue weighted by Crippen LogP contribution is 2.19. The monoisotopic (exact) mass is 269 g/mol. The van der Waals surface area contributed by atoms with Crippen LogP contribution in [0.4, 0.5) is 0 Å². The van der Waals surface area contributed by atoms with Gasteiger partial charge in [0.15, 0.2) is 6.10 Å². The summed E-state index contributed by atoms with van der Waals surface area (Å²) in [6, 6.07) is 2.02. The fraction of sp³-hybridized carbons (Fsp3) is 0.500. The lowest BCUT2D eigenvalue weighted by molar-refractivity contribution is -0.151. The van der Waals surface area contributed by atoms with Crippen molar-refractivity contribution >= 4 is 23.2 Å². The van der Waals surface area contributed by atoms with Crippen molar-refractivity contribution in [2.24, 2.45) is 0 Å². The van der Waals surface area contributed by atoms with Crippen LogP contribution >= 0.6 is 11.3 Å². The van der Waals surface area contributed by atoms with Crippen LogP contribution in [-0.4, -0.2) is 35.7 Å². The van der Waals surface area contributed by atoms with E-state index in [-0.39, 0.29) is 5.91 Å². The minimum absolute atomic E-state index is 0.214. The Labute approximate surface area is 109 Å². The lowest BCUT2D eigenvalue weighted by Gasteiger charge is -2.11. The molecule has 0 spiro atoms. The number of nitrogens with one attached hydrogen (secondary N) is 1. The fourth-order valence-electron chi connectivity index (χ4n) is 1.89. The molecule has 1 aromatic rings. The number of carbonyl (C=O) groups excluding carboxylic acids is 1. The number of carboxylic acids is 1. The third-order valence-corrected chi connectivity index (χ3v) is 3.61. The van der Waals surface area contributed by atoms with E-state index in [0.717, 1.165) is 6.42 Å². The van der Waals surface area contributed by atoms with E-state index in [0.29, 0.717) is 19.4 Å². The number of rotatable bonds is 5. The van der Waals surface area contributed by atoms with Gasteiger partial charge in [-0.15, -0.1) is 0 Å². The van der Waals surface area contributed by atoms with Gasteiger partial charge in [0.2, 0.25) is 5.91 Å². The molecule has 1 amide bonds. The molecular weight excluding hydrogens is 254 g/mol. The number of aliphatic carboxylic acids is 1. The Kier molecular flexibility index (Phi) is 4.33. The predicted octanol–water partition coefficient (Wildman–Crippen LogP) is 1.04. The van der Waals surface area contributed by atoms with Crippen LogP contribution in [0.15, 0.2) is 16.8 Å². The summed E-state index contributed by atoms with van der Waals surface area (Å²) in [4.78, 5) is 22.4. The van der Waals surface area contributed by atoms with Gasteiger partial charge in [0.25, 0.3) is 0 Å². The van der Waals surface area contributed by atoms with Gasteiger partial charge in [-0.25, -0.2) is 4.79 Å². The smallest absolute Gasteiger partial charge is 0.332 e. The molecule has 2 N–H and O–H groups in total. The summed E-state index contributed by atoms with van der Waals surface area (Å²) < 4.78 is 5.16. The van der Waals surface area contributed by atoms with Crippen LogP contribution in [0.5, 0.6) is 0 Å². The average Bonchev–Trinajstić information content (AvgIpc) is 2.99. The quantitative estimate of drug-likeness (QED) is 0.837. The Balaban J connectivity index is 1.71. The summed E-state index contributed by atoms with van der Waals surface area (Å²) in [6.45, 7) is 0.549. The predicted molar refractivity (Wildman–Crippen MR) is 66.6 cm³/mol. The molecule has 1 fully saturated rings. The summed E-state index contributed by atoms with van der Waals surface area (Å²) in [5.41, 5.74) is 1.19. The molecule has 1 aliphatic heterocycles. The second kappa shape index (κ2) is 5.97. The Bertz CT molecular complexity index is 418. The largest absolute Gasteiger partial charge is 0.479 e. The van der Waals surface area contributed by atoms with Crippen molar-refractivity contribution in [1.82, 2.24) is 5.32 Å². The summed E-state index contributed by atoms with van der Waals surface area (Å²) in [5, 5.41) is 15.6. The molecule has 0 aromatic carbocycles. The third kappa shape index (κ3) is 3.30. The van der Waals surface area contributed by atoms with E-state index in [1.54, 1.807) is 11.3 Å². The molecule has 98 valence electrons. The molecule has 0 bridgehead atoms. The van der Waals surface area contributed by atoms with Crippen LogP contribution in [0.3, 0.4) is 0 Å². The molecule has 18 heavy (non-hydrogen) atoms. The van der Waals surface area contributed by atoms with Crippen molar-refractivity contribution in [1.29, 1.82) is 0 Å². The highest BCUT2D eigenvalue weighted by molar-refractivity contribution is 7.07. The van der Waals surface area contributed by atoms with Gasteiger partial charge in [0, 0.05) is 6.54 Å². The highest BCUT2D eigenvalue weighted by Gasteiger charge is 2.34. The highest BCUT2D eigenvalue weighted by atomic mass is 32.1. The first kappa shape index (κ1) is 13.0. The molecule has 0 radical (unpaired) electrons. The standard InChI is InChI=1S/C12H15NO4S/c14-11(9-1-2-10(17-9)12(15)16)13-5-3-8-4-6-18-7-8/h4,6-7,9-10H,1-3,5H2,(H,13,14)(H,15,16). The molecular formula is C12H15NO4S. The number of ether oxygens (including phenoxy) is 1. The molecule has 1 aromatic heterocycles. The summed E-state index contributed by atoms with van der Waals surface area (Å²) >= 11 is 1.62. The van der Waals surface area contributed by atoms with E-state index < -0.39 is 18.2 Å². The Morgan fingerprint density at radius 3 is 2.83 bits per heavy atom. The van der Waals surface area contributed by atoms with Crippen LogP contribution in [0.2, 0.25) is 0 Å². The fourth-order valence-corrected chi connectivity index (χ4v) is 2.59. The van der Waals surface area contributed by atoms with Crippen molar-refractivity contribution in [2.45, 2.75) is 31.5 Å². The van der Waals surface area contributed by atoms with Crippen molar-refractivity contribution in [3.05, 3.63) is 22.4 Å². The molecule has 2 rings (SSSR count). The number of hydrogen-bond donors (Lipinski definition) is 2. The van der Waals surface area contributed by atoms with Gasteiger partial charge in [0.1, 0.15) is 6.10 Å². The zero-order chi connectivity index (χ0) is 13.0. The minimum Gasteiger partial charge on any atom is -0.479 e. The summed E-state index contributed by atoms with van der Waals surface area (Å²) in [7, 11) is 0. The molecule has 5 nitrogen and oxygen atoms in total. The number of thiophene rings is 1. The zero-order valence-corrected chi connectivity index (χ0v) is 10.6. The van der Waals surface area contributed by atoms with Crippen LogP contribution in [0.1, 0.15) is 18.4 Å². The molecule has 1 aliphatic rings. The molecule has 0 saturated carbocycles. The zero-order valence-electron chi connectivity index (χ0n) is 9.80. The maximum absolute atomic E-state index is 11.7. The Hall–Kier alpha value is -1.40. The van der Waals surface area contributed by atoms with Crippen molar-refractivity contribution in [3.63, 3.8) is 0 Å². The van der Waals surface area contributed by atoms with Gasteiger partial charge in [0.05, 0.1) is 0 Å². The first-order valence-corrected chi connectivity index (χ1v) is 6.78. The molecule has 2 atom stereocenters. The summed E-state index contributed by atoms with van der Waals surface area (Å²) in [5.74, 6) is -1.21. The first-order chi connectivity index (χ1) is 8.66. The third-order valence-electron chi connectivity index (χ3n) is 2.88. The molecule has 2 heterocycles. The molecule has 1 saturated heterocycles. The van der Waals surface area contributed by atoms with E-state index in [1.165, 1.54) is 5.56 Å². The lowest BCUT2D eigenvalue weighted by atomic mass is 10.2. The second-order valence-electron chi connectivity index (χ2n) is 4.20. The Morgan fingerprint density at radius 1 is 1.44 bits per heavy atom. The van der Waals surface area contributed by atoms with Crippen molar-refractivity contribution < 1.29 is 19.4 Å². The van der Waals surface area contributed by atoms with Gasteiger partial charge in [-0.1, -0.05) is 0 Å². The van der Waals surface area contributed by atoms with Gasteiger partial charge in [-0.3, -0.25) is 4.79 Å². The van der Waals surface area contributed by atoms with E-state index in [1.807, 2.05) is 16.8 Å². The number of carboxylic acid groups (broad SMARTS) is 1. The van der Waals surface area contributed by atoms with Gasteiger partial charge < -0.3 is 15.2 Å². The minimum atomic E-state index is -0.997. The number of carbonyl (C=O) groups is 2. The van der Waals surface area contributed by atoms with E-state index in [9.17, 15) is 9.59 Å². The normalized spacial score (nSPS) is 22.9. The van der Waals surface area contributed by atoms with Crippen LogP contribution in [0, 0.1) is 0 Å². The number of hydrogen-bond acceptors (Lipinski definition) is 4. The lowest BCUT2D eigenvalue weighted by Crippen LogP contribution is -2.36. The van der Waals surface area contributed by atoms with Gasteiger partial charge in [-0.05, 0) is 41.7 Å². The first-order valence-electron chi connectivity index (χ1n) is 5.84. The molecule has 6 heteroatoms. The van der Waals surface area contributed by atoms with E-state index in [2.05, 4.69) is 5.32 Å². The maximum Gasteiger partial charge on any atom is 0.332 e. The van der Waals surface area contributed by atoms with Crippen LogP contribution in [0.25, 0.3) is 0 Å². The van der Waals surface area contributed by atoms with Crippen LogP contribution < -0.4 is 5.32 Å². The van der Waals surface area contributed by atoms with Crippen LogP contribution in [-0.2, 0) is 20.7 Å². The van der Waals surface area contributed by atoms with Crippen molar-refractivity contribution in [2.75, 3.05) is 6.54 Å². The van der Waals surface area contributed by atoms with E-state index >= 15 is 0 Å². The van der Waals surface area contributed by atoms with Crippen molar-refractivity contribution in [3.8, 4) is 0 Å². The SMILES string of the molecule is O=C(O)C1CCC(C(=O)NCCc2ccsc2)O1. The Morgan fingerprint density at radius 2 is 2.22 bits per heavy atom. The van der Waals surface area contributed by atoms with Gasteiger partial charge >= 0.3 is 5.97 Å². The van der Waals surface area contributed by atoms with E-state index in [4.69, 9.17) is 9.84 Å².